The number of aromatic nitrogens is 1. The Morgan fingerprint density at radius 2 is 1.63 bits per heavy atom. The second kappa shape index (κ2) is 7.30. The van der Waals surface area contributed by atoms with E-state index >= 15 is 0 Å². The van der Waals surface area contributed by atoms with Gasteiger partial charge in [0, 0.05) is 25.0 Å². The van der Waals surface area contributed by atoms with Gasteiger partial charge < -0.3 is 4.90 Å². The molecule has 0 unspecified atom stereocenters. The second-order valence-electron chi connectivity index (χ2n) is 6.96. The summed E-state index contributed by atoms with van der Waals surface area (Å²) >= 11 is 1.02. The normalized spacial score (nSPS) is 12.0. The van der Waals surface area contributed by atoms with Crippen LogP contribution in [0.3, 0.4) is 0 Å². The molecule has 1 heterocycles. The minimum atomic E-state index is -4.65. The highest BCUT2D eigenvalue weighted by Crippen LogP contribution is 2.33. The SMILES string of the molecule is CN(C(=O)c1ccccc1C(F)(F)F)c1nc(C(=O)N(C)C(C)(C)C)cs1. The number of alkyl halides is 3. The number of anilines is 1. The average Bonchev–Trinajstić information content (AvgIpc) is 3.07. The van der Waals surface area contributed by atoms with Gasteiger partial charge in [0.1, 0.15) is 5.69 Å². The first-order valence-corrected chi connectivity index (χ1v) is 8.90. The summed E-state index contributed by atoms with van der Waals surface area (Å²) in [5, 5.41) is 1.63. The van der Waals surface area contributed by atoms with Crippen molar-refractivity contribution in [2.75, 3.05) is 19.0 Å². The predicted molar refractivity (Wildman–Crippen MR) is 98.1 cm³/mol. The maximum absolute atomic E-state index is 13.2. The molecule has 0 atom stereocenters. The molecule has 0 aliphatic heterocycles. The molecule has 0 aliphatic carbocycles. The third-order valence-corrected chi connectivity index (χ3v) is 4.99. The van der Waals surface area contributed by atoms with E-state index < -0.39 is 28.7 Å². The van der Waals surface area contributed by atoms with E-state index in [1.165, 1.54) is 29.5 Å². The molecule has 0 radical (unpaired) electrons. The highest BCUT2D eigenvalue weighted by molar-refractivity contribution is 7.14. The van der Waals surface area contributed by atoms with E-state index in [2.05, 4.69) is 4.98 Å². The van der Waals surface area contributed by atoms with Crippen LogP contribution in [0.5, 0.6) is 0 Å². The lowest BCUT2D eigenvalue weighted by Crippen LogP contribution is -2.42. The highest BCUT2D eigenvalue weighted by Gasteiger charge is 2.36. The molecule has 0 N–H and O–H groups in total. The first-order chi connectivity index (χ1) is 12.3. The van der Waals surface area contributed by atoms with Crippen LogP contribution in [0.4, 0.5) is 18.3 Å². The quantitative estimate of drug-likeness (QED) is 0.773. The average molecular weight is 399 g/mol. The number of carbonyl (C=O) groups excluding carboxylic acids is 2. The van der Waals surface area contributed by atoms with Gasteiger partial charge in [-0.05, 0) is 32.9 Å². The van der Waals surface area contributed by atoms with E-state index in [9.17, 15) is 22.8 Å². The van der Waals surface area contributed by atoms with E-state index in [0.717, 1.165) is 28.4 Å². The Morgan fingerprint density at radius 1 is 1.04 bits per heavy atom. The lowest BCUT2D eigenvalue weighted by Gasteiger charge is -2.31. The molecule has 9 heteroatoms. The van der Waals surface area contributed by atoms with Crippen molar-refractivity contribution in [3.05, 3.63) is 46.5 Å². The number of thiazole rings is 1. The first-order valence-electron chi connectivity index (χ1n) is 8.02. The topological polar surface area (TPSA) is 53.5 Å². The van der Waals surface area contributed by atoms with E-state index in [4.69, 9.17) is 0 Å². The molecule has 146 valence electrons. The molecule has 0 saturated heterocycles. The fourth-order valence-electron chi connectivity index (χ4n) is 2.18. The Bertz CT molecular complexity index is 856. The molecule has 0 saturated carbocycles. The molecular weight excluding hydrogens is 379 g/mol. The largest absolute Gasteiger partial charge is 0.417 e. The van der Waals surface area contributed by atoms with Crippen LogP contribution < -0.4 is 4.90 Å². The van der Waals surface area contributed by atoms with Crippen LogP contribution in [0, 0.1) is 0 Å². The molecular formula is C18H20F3N3O2S. The van der Waals surface area contributed by atoms with Crippen molar-refractivity contribution >= 4 is 28.3 Å². The number of nitrogens with zero attached hydrogens (tertiary/aromatic N) is 3. The zero-order valence-electron chi connectivity index (χ0n) is 15.6. The van der Waals surface area contributed by atoms with E-state index in [1.54, 1.807) is 7.05 Å². The lowest BCUT2D eigenvalue weighted by atomic mass is 10.1. The number of benzene rings is 1. The second-order valence-corrected chi connectivity index (χ2v) is 7.79. The fraction of sp³-hybridized carbons (Fsp3) is 0.389. The van der Waals surface area contributed by atoms with Gasteiger partial charge in [-0.15, -0.1) is 11.3 Å². The van der Waals surface area contributed by atoms with Gasteiger partial charge in [-0.25, -0.2) is 4.98 Å². The number of amides is 2. The number of hydrogen-bond acceptors (Lipinski definition) is 4. The molecule has 2 aromatic rings. The molecule has 0 fully saturated rings. The van der Waals surface area contributed by atoms with E-state index in [-0.39, 0.29) is 16.7 Å². The zero-order chi connectivity index (χ0) is 20.6. The zero-order valence-corrected chi connectivity index (χ0v) is 16.4. The van der Waals surface area contributed by atoms with Crippen LogP contribution in [-0.2, 0) is 6.18 Å². The summed E-state index contributed by atoms with van der Waals surface area (Å²) < 4.78 is 39.5. The maximum Gasteiger partial charge on any atom is 0.417 e. The van der Waals surface area contributed by atoms with Crippen LogP contribution in [0.2, 0.25) is 0 Å². The summed E-state index contributed by atoms with van der Waals surface area (Å²) in [5.74, 6) is -1.18. The number of hydrogen-bond donors (Lipinski definition) is 0. The van der Waals surface area contributed by atoms with Gasteiger partial charge in [-0.1, -0.05) is 12.1 Å². The van der Waals surface area contributed by atoms with Crippen molar-refractivity contribution in [3.63, 3.8) is 0 Å². The Balaban J connectivity index is 2.30. The Kier molecular flexibility index (Phi) is 5.65. The summed E-state index contributed by atoms with van der Waals surface area (Å²) in [4.78, 5) is 31.7. The summed E-state index contributed by atoms with van der Waals surface area (Å²) in [6.45, 7) is 5.59. The summed E-state index contributed by atoms with van der Waals surface area (Å²) in [7, 11) is 2.96. The van der Waals surface area contributed by atoms with Gasteiger partial charge in [0.05, 0.1) is 11.1 Å². The van der Waals surface area contributed by atoms with Crippen molar-refractivity contribution < 1.29 is 22.8 Å². The minimum Gasteiger partial charge on any atom is -0.336 e. The van der Waals surface area contributed by atoms with Crippen molar-refractivity contribution in [3.8, 4) is 0 Å². The molecule has 0 aliphatic rings. The predicted octanol–water partition coefficient (Wildman–Crippen LogP) is 4.31. The third kappa shape index (κ3) is 4.47. The Hall–Kier alpha value is -2.42. The molecule has 1 aromatic carbocycles. The van der Waals surface area contributed by atoms with Crippen LogP contribution in [0.25, 0.3) is 0 Å². The number of rotatable bonds is 3. The molecule has 2 rings (SSSR count). The van der Waals surface area contributed by atoms with Gasteiger partial charge in [0.2, 0.25) is 0 Å². The van der Waals surface area contributed by atoms with Crippen LogP contribution in [0.1, 0.15) is 47.2 Å². The Morgan fingerprint density at radius 3 is 2.19 bits per heavy atom. The molecule has 27 heavy (non-hydrogen) atoms. The van der Waals surface area contributed by atoms with Crippen LogP contribution >= 0.6 is 11.3 Å². The van der Waals surface area contributed by atoms with E-state index in [0.29, 0.717) is 0 Å². The molecule has 1 aromatic heterocycles. The number of carbonyl (C=O) groups is 2. The molecule has 0 spiro atoms. The molecule has 0 bridgehead atoms. The highest BCUT2D eigenvalue weighted by atomic mass is 32.1. The third-order valence-electron chi connectivity index (χ3n) is 4.08. The van der Waals surface area contributed by atoms with Gasteiger partial charge in [-0.3, -0.25) is 14.5 Å². The minimum absolute atomic E-state index is 0.135. The Labute approximate surface area is 159 Å². The maximum atomic E-state index is 13.2. The van der Waals surface area contributed by atoms with E-state index in [1.807, 2.05) is 20.8 Å². The van der Waals surface area contributed by atoms with Gasteiger partial charge >= 0.3 is 6.18 Å². The summed E-state index contributed by atoms with van der Waals surface area (Å²) in [6, 6.07) is 4.57. The van der Waals surface area contributed by atoms with Crippen LogP contribution in [0.15, 0.2) is 29.6 Å². The van der Waals surface area contributed by atoms with Crippen molar-refractivity contribution in [2.45, 2.75) is 32.5 Å². The standard InChI is InChI=1S/C18H20F3N3O2S/c1-17(2,3)24(5)15(26)13-10-27-16(22-13)23(4)14(25)11-8-6-7-9-12(11)18(19,20)21/h6-10H,1-5H3. The van der Waals surface area contributed by atoms with Crippen molar-refractivity contribution in [2.24, 2.45) is 0 Å². The summed E-state index contributed by atoms with van der Waals surface area (Å²) in [6.07, 6.45) is -4.65. The molecule has 2 amide bonds. The van der Waals surface area contributed by atoms with Gasteiger partial charge in [0.25, 0.3) is 11.8 Å². The van der Waals surface area contributed by atoms with Crippen molar-refractivity contribution in [1.82, 2.24) is 9.88 Å². The van der Waals surface area contributed by atoms with Crippen molar-refractivity contribution in [1.29, 1.82) is 0 Å². The van der Waals surface area contributed by atoms with Crippen LogP contribution in [-0.4, -0.2) is 41.3 Å². The summed E-state index contributed by atoms with van der Waals surface area (Å²) in [5.41, 5.74) is -1.77. The molecule has 5 nitrogen and oxygen atoms in total. The number of halogens is 3. The smallest absolute Gasteiger partial charge is 0.336 e. The van der Waals surface area contributed by atoms with Gasteiger partial charge in [-0.2, -0.15) is 13.2 Å². The fourth-order valence-corrected chi connectivity index (χ4v) is 2.94. The first kappa shape index (κ1) is 20.9. The monoisotopic (exact) mass is 399 g/mol. The van der Waals surface area contributed by atoms with Gasteiger partial charge in [0.15, 0.2) is 5.13 Å². The lowest BCUT2D eigenvalue weighted by molar-refractivity contribution is -0.137.